The summed E-state index contributed by atoms with van der Waals surface area (Å²) in [5.74, 6) is 1.12. The maximum atomic E-state index is 10.1. The lowest BCUT2D eigenvalue weighted by Crippen LogP contribution is -2.27. The topological polar surface area (TPSA) is 44.1 Å². The second-order valence-electron chi connectivity index (χ2n) is 3.16. The first-order chi connectivity index (χ1) is 6.40. The van der Waals surface area contributed by atoms with Crippen molar-refractivity contribution in [3.63, 3.8) is 0 Å². The van der Waals surface area contributed by atoms with E-state index in [1.807, 2.05) is 6.20 Å². The summed E-state index contributed by atoms with van der Waals surface area (Å²) in [6, 6.07) is 0. The Balaban J connectivity index is 1.96. The summed E-state index contributed by atoms with van der Waals surface area (Å²) < 4.78 is 7.42. The van der Waals surface area contributed by atoms with Crippen LogP contribution in [-0.4, -0.2) is 28.5 Å². The molecule has 1 aliphatic rings. The van der Waals surface area contributed by atoms with Gasteiger partial charge in [-0.15, -0.1) is 0 Å². The lowest BCUT2D eigenvalue weighted by Gasteiger charge is -2.22. The van der Waals surface area contributed by atoms with Gasteiger partial charge >= 0.3 is 0 Å². The third-order valence-corrected chi connectivity index (χ3v) is 2.29. The van der Waals surface area contributed by atoms with Crippen molar-refractivity contribution in [2.24, 2.45) is 0 Å². The number of hydrogen-bond acceptors (Lipinski definition) is 3. The third kappa shape index (κ3) is 1.78. The molecule has 70 valence electrons. The third-order valence-electron chi connectivity index (χ3n) is 2.29. The van der Waals surface area contributed by atoms with E-state index in [4.69, 9.17) is 4.74 Å². The molecule has 1 aromatic rings. The maximum Gasteiger partial charge on any atom is 0.145 e. The molecule has 0 saturated heterocycles. The summed E-state index contributed by atoms with van der Waals surface area (Å²) >= 11 is 0. The Hall–Kier alpha value is -1.16. The van der Waals surface area contributed by atoms with Gasteiger partial charge in [-0.05, 0) is 6.42 Å². The highest BCUT2D eigenvalue weighted by Crippen LogP contribution is 2.15. The van der Waals surface area contributed by atoms with Gasteiger partial charge in [0.15, 0.2) is 0 Å². The molecule has 0 fully saturated rings. The van der Waals surface area contributed by atoms with Gasteiger partial charge in [0.05, 0.1) is 12.6 Å². The van der Waals surface area contributed by atoms with Crippen LogP contribution in [0.1, 0.15) is 12.2 Å². The van der Waals surface area contributed by atoms with Crippen molar-refractivity contribution in [2.75, 3.05) is 6.61 Å². The number of nitrogens with zero attached hydrogens (tertiary/aromatic N) is 2. The van der Waals surface area contributed by atoms with Gasteiger partial charge in [0.25, 0.3) is 0 Å². The zero-order valence-corrected chi connectivity index (χ0v) is 7.35. The van der Waals surface area contributed by atoms with E-state index in [1.165, 1.54) is 0 Å². The molecule has 4 nitrogen and oxygen atoms in total. The molecule has 1 aromatic heterocycles. The Morgan fingerprint density at radius 1 is 1.77 bits per heavy atom. The molecule has 1 atom stereocenters. The summed E-state index contributed by atoms with van der Waals surface area (Å²) in [5.41, 5.74) is 0. The predicted octanol–water partition coefficient (Wildman–Crippen LogP) is 0.413. The van der Waals surface area contributed by atoms with E-state index in [1.54, 1.807) is 6.20 Å². The average Bonchev–Trinajstić information content (AvgIpc) is 2.61. The Kier molecular flexibility index (Phi) is 2.40. The van der Waals surface area contributed by atoms with E-state index in [9.17, 15) is 4.79 Å². The van der Waals surface area contributed by atoms with Crippen LogP contribution in [0, 0.1) is 0 Å². The SMILES string of the molecule is O=CCOC1CCc2nccn2C1. The molecule has 0 aliphatic carbocycles. The van der Waals surface area contributed by atoms with E-state index in [0.29, 0.717) is 0 Å². The standard InChI is InChI=1S/C9H12N2O2/c12-5-6-13-8-1-2-9-10-3-4-11(9)7-8/h3-5,8H,1-2,6-7H2. The van der Waals surface area contributed by atoms with Gasteiger partial charge in [-0.2, -0.15) is 0 Å². The van der Waals surface area contributed by atoms with Crippen molar-refractivity contribution in [3.8, 4) is 0 Å². The van der Waals surface area contributed by atoms with Crippen LogP contribution in [0.25, 0.3) is 0 Å². The summed E-state index contributed by atoms with van der Waals surface area (Å²) in [7, 11) is 0. The van der Waals surface area contributed by atoms with Crippen LogP contribution in [0.5, 0.6) is 0 Å². The first-order valence-corrected chi connectivity index (χ1v) is 4.45. The van der Waals surface area contributed by atoms with E-state index in [2.05, 4.69) is 9.55 Å². The highest BCUT2D eigenvalue weighted by atomic mass is 16.5. The van der Waals surface area contributed by atoms with Crippen LogP contribution < -0.4 is 0 Å². The normalized spacial score (nSPS) is 21.1. The molecular formula is C9H12N2O2. The average molecular weight is 180 g/mol. The number of hydrogen-bond donors (Lipinski definition) is 0. The van der Waals surface area contributed by atoms with Gasteiger partial charge in [-0.1, -0.05) is 0 Å². The van der Waals surface area contributed by atoms with E-state index in [-0.39, 0.29) is 12.7 Å². The smallest absolute Gasteiger partial charge is 0.145 e. The highest BCUT2D eigenvalue weighted by Gasteiger charge is 2.18. The van der Waals surface area contributed by atoms with Crippen LogP contribution in [0.3, 0.4) is 0 Å². The molecule has 1 aliphatic heterocycles. The lowest BCUT2D eigenvalue weighted by molar-refractivity contribution is -0.114. The molecule has 0 amide bonds. The van der Waals surface area contributed by atoms with Gasteiger partial charge < -0.3 is 14.1 Å². The molecule has 4 heteroatoms. The van der Waals surface area contributed by atoms with Crippen LogP contribution in [0.4, 0.5) is 0 Å². The van der Waals surface area contributed by atoms with E-state index >= 15 is 0 Å². The molecule has 0 bridgehead atoms. The molecule has 13 heavy (non-hydrogen) atoms. The molecule has 0 saturated carbocycles. The first kappa shape index (κ1) is 8.44. The van der Waals surface area contributed by atoms with Crippen molar-refractivity contribution in [1.29, 1.82) is 0 Å². The summed E-state index contributed by atoms with van der Waals surface area (Å²) in [6.07, 6.45) is 6.63. The van der Waals surface area contributed by atoms with Crippen molar-refractivity contribution >= 4 is 6.29 Å². The van der Waals surface area contributed by atoms with Crippen molar-refractivity contribution in [2.45, 2.75) is 25.5 Å². The number of ether oxygens (including phenoxy) is 1. The second-order valence-corrected chi connectivity index (χ2v) is 3.16. The zero-order chi connectivity index (χ0) is 9.10. The molecule has 0 radical (unpaired) electrons. The van der Waals surface area contributed by atoms with E-state index in [0.717, 1.165) is 31.5 Å². The van der Waals surface area contributed by atoms with Crippen molar-refractivity contribution < 1.29 is 9.53 Å². The Bertz CT molecular complexity index is 296. The minimum Gasteiger partial charge on any atom is -0.369 e. The Morgan fingerprint density at radius 2 is 2.69 bits per heavy atom. The molecule has 1 unspecified atom stereocenters. The molecule has 2 heterocycles. The quantitative estimate of drug-likeness (QED) is 0.633. The number of aldehydes is 1. The summed E-state index contributed by atoms with van der Waals surface area (Å²) in [6.45, 7) is 1.03. The number of aryl methyl sites for hydroxylation is 1. The molecule has 0 aromatic carbocycles. The fourth-order valence-corrected chi connectivity index (χ4v) is 1.65. The molecule has 0 spiro atoms. The van der Waals surface area contributed by atoms with Crippen LogP contribution >= 0.6 is 0 Å². The van der Waals surface area contributed by atoms with E-state index < -0.39 is 0 Å². The highest BCUT2D eigenvalue weighted by molar-refractivity contribution is 5.50. The number of carbonyl (C=O) groups is 1. The van der Waals surface area contributed by atoms with Gasteiger partial charge in [0, 0.05) is 18.8 Å². The number of fused-ring (bicyclic) bond motifs is 1. The number of rotatable bonds is 3. The first-order valence-electron chi connectivity index (χ1n) is 4.45. The van der Waals surface area contributed by atoms with Crippen LogP contribution in [0.2, 0.25) is 0 Å². The summed E-state index contributed by atoms with van der Waals surface area (Å²) in [4.78, 5) is 14.3. The molecule has 2 rings (SSSR count). The Morgan fingerprint density at radius 3 is 3.54 bits per heavy atom. The van der Waals surface area contributed by atoms with Gasteiger partial charge in [0.1, 0.15) is 18.7 Å². The minimum atomic E-state index is 0.173. The van der Waals surface area contributed by atoms with Gasteiger partial charge in [-0.3, -0.25) is 0 Å². The van der Waals surface area contributed by atoms with Crippen LogP contribution in [0.15, 0.2) is 12.4 Å². The van der Waals surface area contributed by atoms with Gasteiger partial charge in [-0.25, -0.2) is 4.98 Å². The number of carbonyl (C=O) groups excluding carboxylic acids is 1. The number of imidazole rings is 1. The Labute approximate surface area is 76.5 Å². The monoisotopic (exact) mass is 180 g/mol. The fourth-order valence-electron chi connectivity index (χ4n) is 1.65. The number of aromatic nitrogens is 2. The van der Waals surface area contributed by atoms with Crippen LogP contribution in [-0.2, 0) is 22.5 Å². The van der Waals surface area contributed by atoms with Gasteiger partial charge in [0.2, 0.25) is 0 Å². The summed E-state index contributed by atoms with van der Waals surface area (Å²) in [5, 5.41) is 0. The zero-order valence-electron chi connectivity index (χ0n) is 7.35. The second kappa shape index (κ2) is 3.70. The molecular weight excluding hydrogens is 168 g/mol. The predicted molar refractivity (Wildman–Crippen MR) is 46.4 cm³/mol. The maximum absolute atomic E-state index is 10.1. The molecule has 0 N–H and O–H groups in total. The van der Waals surface area contributed by atoms with Crippen molar-refractivity contribution in [3.05, 3.63) is 18.2 Å². The minimum absolute atomic E-state index is 0.173. The lowest BCUT2D eigenvalue weighted by atomic mass is 10.1. The largest absolute Gasteiger partial charge is 0.369 e. The fraction of sp³-hybridized carbons (Fsp3) is 0.556. The van der Waals surface area contributed by atoms with Crippen molar-refractivity contribution in [1.82, 2.24) is 9.55 Å².